The predicted octanol–water partition coefficient (Wildman–Crippen LogP) is 1.37. The van der Waals surface area contributed by atoms with Gasteiger partial charge in [0.05, 0.1) is 11.5 Å². The Morgan fingerprint density at radius 3 is 2.50 bits per heavy atom. The van der Waals surface area contributed by atoms with Crippen LogP contribution < -0.4 is 0 Å². The molecule has 3 aliphatic rings. The summed E-state index contributed by atoms with van der Waals surface area (Å²) in [5.41, 5.74) is -1.13. The number of thiocarbonyl (C=S) groups is 1. The molecule has 1 amide bonds. The maximum Gasteiger partial charge on any atom is 0.410 e. The Morgan fingerprint density at radius 1 is 1.29 bits per heavy atom. The Bertz CT molecular complexity index is 570. The lowest BCUT2D eigenvalue weighted by atomic mass is 10.1. The first kappa shape index (κ1) is 17.3. The first-order valence-corrected chi connectivity index (χ1v) is 8.79. The second-order valence-corrected chi connectivity index (χ2v) is 8.39. The van der Waals surface area contributed by atoms with Crippen molar-refractivity contribution in [1.82, 2.24) is 14.7 Å². The van der Waals surface area contributed by atoms with Gasteiger partial charge in [-0.1, -0.05) is 0 Å². The summed E-state index contributed by atoms with van der Waals surface area (Å²) < 4.78 is 5.45. The van der Waals surface area contributed by atoms with Crippen LogP contribution in [0.4, 0.5) is 4.79 Å². The quantitative estimate of drug-likeness (QED) is 0.767. The van der Waals surface area contributed by atoms with Gasteiger partial charge in [-0.05, 0) is 45.8 Å². The third kappa shape index (κ3) is 3.29. The van der Waals surface area contributed by atoms with Gasteiger partial charge in [0.1, 0.15) is 5.60 Å². The molecular weight excluding hydrogens is 330 g/mol. The van der Waals surface area contributed by atoms with Crippen molar-refractivity contribution in [2.45, 2.75) is 45.3 Å². The SMILES string of the molecule is CC(C)(C)OC(=O)N1CCN2C(=S)N(CC3(C(=O)O)CC3)C[C@@H]2C1. The molecular formula is C16H25N3O4S. The van der Waals surface area contributed by atoms with Gasteiger partial charge in [0.15, 0.2) is 5.11 Å². The maximum atomic E-state index is 12.3. The number of ether oxygens (including phenoxy) is 1. The van der Waals surface area contributed by atoms with Gasteiger partial charge < -0.3 is 24.5 Å². The van der Waals surface area contributed by atoms with E-state index >= 15 is 0 Å². The molecule has 0 spiro atoms. The number of carboxylic acids is 1. The van der Waals surface area contributed by atoms with Gasteiger partial charge in [0.25, 0.3) is 0 Å². The minimum absolute atomic E-state index is 0.114. The number of carbonyl (C=O) groups is 2. The van der Waals surface area contributed by atoms with E-state index < -0.39 is 17.0 Å². The monoisotopic (exact) mass is 355 g/mol. The zero-order valence-electron chi connectivity index (χ0n) is 14.4. The lowest BCUT2D eigenvalue weighted by Crippen LogP contribution is -2.54. The zero-order valence-corrected chi connectivity index (χ0v) is 15.3. The molecule has 0 aromatic rings. The third-order valence-corrected chi connectivity index (χ3v) is 5.38. The van der Waals surface area contributed by atoms with Crippen molar-refractivity contribution in [1.29, 1.82) is 0 Å². The molecule has 0 bridgehead atoms. The smallest absolute Gasteiger partial charge is 0.410 e. The van der Waals surface area contributed by atoms with Crippen LogP contribution in [0.2, 0.25) is 0 Å². The minimum Gasteiger partial charge on any atom is -0.481 e. The van der Waals surface area contributed by atoms with Gasteiger partial charge in [-0.2, -0.15) is 0 Å². The van der Waals surface area contributed by atoms with Crippen LogP contribution >= 0.6 is 12.2 Å². The Hall–Kier alpha value is -1.57. The number of fused-ring (bicyclic) bond motifs is 1. The van der Waals surface area contributed by atoms with E-state index in [1.807, 2.05) is 25.7 Å². The summed E-state index contributed by atoms with van der Waals surface area (Å²) in [7, 11) is 0. The molecule has 3 fully saturated rings. The second kappa shape index (κ2) is 5.75. The molecule has 3 rings (SSSR count). The largest absolute Gasteiger partial charge is 0.481 e. The highest BCUT2D eigenvalue weighted by atomic mass is 32.1. The summed E-state index contributed by atoms with van der Waals surface area (Å²) >= 11 is 5.54. The fraction of sp³-hybridized carbons (Fsp3) is 0.812. The second-order valence-electron chi connectivity index (χ2n) is 8.02. The van der Waals surface area contributed by atoms with E-state index in [9.17, 15) is 14.7 Å². The third-order valence-electron chi connectivity index (χ3n) is 4.88. The van der Waals surface area contributed by atoms with Crippen molar-refractivity contribution in [3.05, 3.63) is 0 Å². The van der Waals surface area contributed by atoms with E-state index in [4.69, 9.17) is 17.0 Å². The van der Waals surface area contributed by atoms with Crippen molar-refractivity contribution in [2.75, 3.05) is 32.7 Å². The molecule has 0 radical (unpaired) electrons. The van der Waals surface area contributed by atoms with Crippen LogP contribution in [0, 0.1) is 5.41 Å². The zero-order chi connectivity index (χ0) is 17.7. The summed E-state index contributed by atoms with van der Waals surface area (Å²) in [6.07, 6.45) is 1.14. The lowest BCUT2D eigenvalue weighted by molar-refractivity contribution is -0.143. The first-order chi connectivity index (χ1) is 11.1. The minimum atomic E-state index is -0.731. The topological polar surface area (TPSA) is 73.3 Å². The van der Waals surface area contributed by atoms with Crippen LogP contribution in [-0.2, 0) is 9.53 Å². The van der Waals surface area contributed by atoms with Crippen molar-refractivity contribution < 1.29 is 19.4 Å². The van der Waals surface area contributed by atoms with Gasteiger partial charge in [0, 0.05) is 32.7 Å². The van der Waals surface area contributed by atoms with E-state index in [1.54, 1.807) is 4.90 Å². The standard InChI is InChI=1S/C16H25N3O4S/c1-15(2,3)23-14(22)17-6-7-19-11(8-17)9-18(13(19)24)10-16(4-5-16)12(20)21/h11H,4-10H2,1-3H3,(H,20,21)/t11-/m0/s1. The van der Waals surface area contributed by atoms with Crippen molar-refractivity contribution >= 4 is 29.4 Å². The number of nitrogens with zero attached hydrogens (tertiary/aromatic N) is 3. The summed E-state index contributed by atoms with van der Waals surface area (Å²) in [6, 6.07) is 0.114. The molecule has 1 N–H and O–H groups in total. The molecule has 134 valence electrons. The normalized spacial score (nSPS) is 25.5. The molecule has 0 aromatic carbocycles. The number of aliphatic carboxylic acids is 1. The number of hydrogen-bond acceptors (Lipinski definition) is 4. The van der Waals surface area contributed by atoms with E-state index in [0.29, 0.717) is 32.7 Å². The van der Waals surface area contributed by atoms with Crippen LogP contribution in [0.25, 0.3) is 0 Å². The highest BCUT2D eigenvalue weighted by Crippen LogP contribution is 2.47. The Labute approximate surface area is 147 Å². The number of carboxylic acid groups (broad SMARTS) is 1. The van der Waals surface area contributed by atoms with E-state index in [2.05, 4.69) is 4.90 Å². The molecule has 1 saturated carbocycles. The van der Waals surface area contributed by atoms with E-state index in [-0.39, 0.29) is 12.1 Å². The highest BCUT2D eigenvalue weighted by Gasteiger charge is 2.53. The summed E-state index contributed by atoms with van der Waals surface area (Å²) in [5.74, 6) is -0.731. The van der Waals surface area contributed by atoms with Gasteiger partial charge in [-0.15, -0.1) is 0 Å². The lowest BCUT2D eigenvalue weighted by Gasteiger charge is -2.37. The van der Waals surface area contributed by atoms with Crippen LogP contribution in [0.5, 0.6) is 0 Å². The Balaban J connectivity index is 1.61. The molecule has 1 aliphatic carbocycles. The van der Waals surface area contributed by atoms with Crippen molar-refractivity contribution in [3.63, 3.8) is 0 Å². The molecule has 2 heterocycles. The molecule has 0 unspecified atom stereocenters. The summed E-state index contributed by atoms with van der Waals surface area (Å²) in [5, 5.41) is 10.1. The molecule has 0 aromatic heterocycles. The molecule has 2 aliphatic heterocycles. The Morgan fingerprint density at radius 2 is 1.96 bits per heavy atom. The molecule has 1 atom stereocenters. The van der Waals surface area contributed by atoms with Gasteiger partial charge in [-0.3, -0.25) is 4.79 Å². The first-order valence-electron chi connectivity index (χ1n) is 8.38. The summed E-state index contributed by atoms with van der Waals surface area (Å²) in [4.78, 5) is 29.5. The average molecular weight is 355 g/mol. The Kier molecular flexibility index (Phi) is 4.14. The molecule has 8 heteroatoms. The number of hydrogen-bond donors (Lipinski definition) is 1. The number of piperazine rings is 1. The molecule has 7 nitrogen and oxygen atoms in total. The van der Waals surface area contributed by atoms with Crippen LogP contribution in [0.1, 0.15) is 33.6 Å². The van der Waals surface area contributed by atoms with Gasteiger partial charge >= 0.3 is 12.1 Å². The van der Waals surface area contributed by atoms with Crippen molar-refractivity contribution in [3.8, 4) is 0 Å². The van der Waals surface area contributed by atoms with Crippen molar-refractivity contribution in [2.24, 2.45) is 5.41 Å². The molecule has 24 heavy (non-hydrogen) atoms. The average Bonchev–Trinajstić information content (AvgIpc) is 3.18. The fourth-order valence-electron chi connectivity index (χ4n) is 3.36. The number of amides is 1. The predicted molar refractivity (Wildman–Crippen MR) is 91.8 cm³/mol. The van der Waals surface area contributed by atoms with E-state index in [0.717, 1.165) is 18.0 Å². The molecule has 2 saturated heterocycles. The number of rotatable bonds is 3. The van der Waals surface area contributed by atoms with Crippen LogP contribution in [0.15, 0.2) is 0 Å². The fourth-order valence-corrected chi connectivity index (χ4v) is 3.74. The highest BCUT2D eigenvalue weighted by molar-refractivity contribution is 7.80. The van der Waals surface area contributed by atoms with Crippen LogP contribution in [-0.4, -0.2) is 81.3 Å². The van der Waals surface area contributed by atoms with E-state index in [1.165, 1.54) is 0 Å². The summed E-state index contributed by atoms with van der Waals surface area (Å²) in [6.45, 7) is 8.51. The van der Waals surface area contributed by atoms with Crippen LogP contribution in [0.3, 0.4) is 0 Å². The maximum absolute atomic E-state index is 12.3. The number of carbonyl (C=O) groups excluding carboxylic acids is 1. The van der Waals surface area contributed by atoms with Gasteiger partial charge in [-0.25, -0.2) is 4.79 Å². The van der Waals surface area contributed by atoms with Gasteiger partial charge in [0.2, 0.25) is 0 Å².